The fraction of sp³-hybridized carbons (Fsp3) is 0.467. The van der Waals surface area contributed by atoms with Crippen LogP contribution in [0.15, 0.2) is 24.3 Å². The first kappa shape index (κ1) is 14.5. The van der Waals surface area contributed by atoms with E-state index in [4.69, 9.17) is 0 Å². The van der Waals surface area contributed by atoms with E-state index in [2.05, 4.69) is 33.2 Å². The number of imidazole rings is 1. The fourth-order valence-corrected chi connectivity index (χ4v) is 2.29. The molecule has 0 bridgehead atoms. The Kier molecular flexibility index (Phi) is 4.74. The zero-order valence-corrected chi connectivity index (χ0v) is 12.3. The van der Waals surface area contributed by atoms with Gasteiger partial charge in [0.2, 0.25) is 5.91 Å². The standard InChI is InChI=1S/C15H22N4O/c1-4-9-19-13-8-6-5-7-12(13)18-14(19)10-17-11(2)15(20)16-3/h5-8,11,17H,4,9-10H2,1-3H3,(H,16,20). The second-order valence-electron chi connectivity index (χ2n) is 4.89. The molecule has 2 rings (SSSR count). The Labute approximate surface area is 119 Å². The summed E-state index contributed by atoms with van der Waals surface area (Å²) in [4.78, 5) is 16.2. The summed E-state index contributed by atoms with van der Waals surface area (Å²) in [5, 5.41) is 5.85. The van der Waals surface area contributed by atoms with E-state index in [1.807, 2.05) is 25.1 Å². The molecule has 0 aliphatic rings. The minimum atomic E-state index is -0.227. The van der Waals surface area contributed by atoms with Crippen LogP contribution in [0.4, 0.5) is 0 Å². The lowest BCUT2D eigenvalue weighted by molar-refractivity contribution is -0.122. The van der Waals surface area contributed by atoms with E-state index < -0.39 is 0 Å². The summed E-state index contributed by atoms with van der Waals surface area (Å²) in [5.74, 6) is 0.965. The number of likely N-dealkylation sites (N-methyl/N-ethyl adjacent to an activating group) is 1. The molecule has 1 unspecified atom stereocenters. The molecule has 5 heteroatoms. The number of aryl methyl sites for hydroxylation is 1. The maximum Gasteiger partial charge on any atom is 0.236 e. The summed E-state index contributed by atoms with van der Waals surface area (Å²) in [6.07, 6.45) is 1.05. The lowest BCUT2D eigenvalue weighted by Gasteiger charge is -2.13. The Morgan fingerprint density at radius 3 is 2.85 bits per heavy atom. The van der Waals surface area contributed by atoms with Gasteiger partial charge in [-0.25, -0.2) is 4.98 Å². The van der Waals surface area contributed by atoms with E-state index in [0.717, 1.165) is 29.8 Å². The van der Waals surface area contributed by atoms with Gasteiger partial charge in [0.1, 0.15) is 5.82 Å². The number of carbonyl (C=O) groups is 1. The van der Waals surface area contributed by atoms with Crippen molar-refractivity contribution in [1.29, 1.82) is 0 Å². The minimum absolute atomic E-state index is 0.0110. The summed E-state index contributed by atoms with van der Waals surface area (Å²) in [7, 11) is 1.65. The molecule has 2 N–H and O–H groups in total. The number of benzene rings is 1. The number of hydrogen-bond donors (Lipinski definition) is 2. The average Bonchev–Trinajstić information content (AvgIpc) is 2.82. The van der Waals surface area contributed by atoms with Gasteiger partial charge in [0.15, 0.2) is 0 Å². The lowest BCUT2D eigenvalue weighted by Crippen LogP contribution is -2.40. The van der Waals surface area contributed by atoms with Gasteiger partial charge in [-0.3, -0.25) is 10.1 Å². The van der Waals surface area contributed by atoms with Crippen molar-refractivity contribution in [1.82, 2.24) is 20.2 Å². The zero-order valence-electron chi connectivity index (χ0n) is 12.3. The zero-order chi connectivity index (χ0) is 14.5. The number of fused-ring (bicyclic) bond motifs is 1. The predicted octanol–water partition coefficient (Wildman–Crippen LogP) is 1.67. The Bertz CT molecular complexity index is 591. The highest BCUT2D eigenvalue weighted by molar-refractivity contribution is 5.81. The van der Waals surface area contributed by atoms with Crippen molar-refractivity contribution in [3.63, 3.8) is 0 Å². The van der Waals surface area contributed by atoms with Crippen molar-refractivity contribution in [2.75, 3.05) is 7.05 Å². The third-order valence-corrected chi connectivity index (χ3v) is 3.39. The summed E-state index contributed by atoms with van der Waals surface area (Å²) < 4.78 is 2.22. The van der Waals surface area contributed by atoms with Crippen LogP contribution in [-0.2, 0) is 17.9 Å². The molecule has 1 heterocycles. The molecule has 1 atom stereocenters. The molecule has 1 aromatic carbocycles. The monoisotopic (exact) mass is 274 g/mol. The number of carbonyl (C=O) groups excluding carboxylic acids is 1. The first-order valence-corrected chi connectivity index (χ1v) is 7.06. The van der Waals surface area contributed by atoms with E-state index in [1.54, 1.807) is 7.05 Å². The molecule has 0 aliphatic heterocycles. The van der Waals surface area contributed by atoms with Crippen LogP contribution in [0, 0.1) is 0 Å². The molecule has 1 aromatic heterocycles. The molecular weight excluding hydrogens is 252 g/mol. The van der Waals surface area contributed by atoms with Gasteiger partial charge >= 0.3 is 0 Å². The Hall–Kier alpha value is -1.88. The van der Waals surface area contributed by atoms with Gasteiger partial charge in [0.05, 0.1) is 23.6 Å². The molecule has 5 nitrogen and oxygen atoms in total. The van der Waals surface area contributed by atoms with Crippen LogP contribution in [0.3, 0.4) is 0 Å². The normalized spacial score (nSPS) is 12.6. The predicted molar refractivity (Wildman–Crippen MR) is 80.4 cm³/mol. The number of rotatable bonds is 6. The Balaban J connectivity index is 2.20. The van der Waals surface area contributed by atoms with Gasteiger partial charge < -0.3 is 9.88 Å². The molecule has 0 aliphatic carbocycles. The molecule has 0 fully saturated rings. The summed E-state index contributed by atoms with van der Waals surface area (Å²) in [6, 6.07) is 7.91. The number of hydrogen-bond acceptors (Lipinski definition) is 3. The third kappa shape index (κ3) is 2.99. The van der Waals surface area contributed by atoms with E-state index >= 15 is 0 Å². The van der Waals surface area contributed by atoms with E-state index in [0.29, 0.717) is 6.54 Å². The van der Waals surface area contributed by atoms with Crippen LogP contribution >= 0.6 is 0 Å². The molecule has 0 radical (unpaired) electrons. The van der Waals surface area contributed by atoms with Crippen LogP contribution < -0.4 is 10.6 Å². The van der Waals surface area contributed by atoms with Gasteiger partial charge in [0.25, 0.3) is 0 Å². The van der Waals surface area contributed by atoms with Gasteiger partial charge in [-0.05, 0) is 25.5 Å². The number of nitrogens with zero attached hydrogens (tertiary/aromatic N) is 2. The molecule has 0 saturated carbocycles. The van der Waals surface area contributed by atoms with Crippen LogP contribution in [-0.4, -0.2) is 28.5 Å². The van der Waals surface area contributed by atoms with Crippen molar-refractivity contribution < 1.29 is 4.79 Å². The maximum absolute atomic E-state index is 11.5. The molecule has 0 saturated heterocycles. The van der Waals surface area contributed by atoms with Crippen LogP contribution in [0.1, 0.15) is 26.1 Å². The first-order valence-electron chi connectivity index (χ1n) is 7.06. The quantitative estimate of drug-likeness (QED) is 0.842. The van der Waals surface area contributed by atoms with Crippen molar-refractivity contribution in [2.24, 2.45) is 0 Å². The summed E-state index contributed by atoms with van der Waals surface area (Å²) in [5.41, 5.74) is 2.16. The summed E-state index contributed by atoms with van der Waals surface area (Å²) in [6.45, 7) is 5.53. The SMILES string of the molecule is CCCn1c(CNC(C)C(=O)NC)nc2ccccc21. The molecular formula is C15H22N4O. The van der Waals surface area contributed by atoms with E-state index in [1.165, 1.54) is 0 Å². The minimum Gasteiger partial charge on any atom is -0.358 e. The van der Waals surface area contributed by atoms with Gasteiger partial charge in [-0.1, -0.05) is 19.1 Å². The summed E-state index contributed by atoms with van der Waals surface area (Å²) >= 11 is 0. The van der Waals surface area contributed by atoms with Crippen molar-refractivity contribution in [3.05, 3.63) is 30.1 Å². The molecule has 2 aromatic rings. The molecule has 0 spiro atoms. The average molecular weight is 274 g/mol. The smallest absolute Gasteiger partial charge is 0.236 e. The number of aromatic nitrogens is 2. The van der Waals surface area contributed by atoms with Crippen LogP contribution in [0.25, 0.3) is 11.0 Å². The fourth-order valence-electron chi connectivity index (χ4n) is 2.29. The lowest BCUT2D eigenvalue weighted by atomic mass is 10.3. The largest absolute Gasteiger partial charge is 0.358 e. The van der Waals surface area contributed by atoms with Crippen LogP contribution in [0.5, 0.6) is 0 Å². The van der Waals surface area contributed by atoms with E-state index in [-0.39, 0.29) is 11.9 Å². The molecule has 1 amide bonds. The van der Waals surface area contributed by atoms with Gasteiger partial charge in [0, 0.05) is 13.6 Å². The third-order valence-electron chi connectivity index (χ3n) is 3.39. The van der Waals surface area contributed by atoms with Crippen LogP contribution in [0.2, 0.25) is 0 Å². The molecule has 20 heavy (non-hydrogen) atoms. The first-order chi connectivity index (χ1) is 9.67. The van der Waals surface area contributed by atoms with Gasteiger partial charge in [-0.2, -0.15) is 0 Å². The Morgan fingerprint density at radius 2 is 2.15 bits per heavy atom. The van der Waals surface area contributed by atoms with Crippen molar-refractivity contribution in [2.45, 2.75) is 39.4 Å². The second-order valence-corrected chi connectivity index (χ2v) is 4.89. The van der Waals surface area contributed by atoms with Crippen molar-refractivity contribution >= 4 is 16.9 Å². The molecule has 108 valence electrons. The highest BCUT2D eigenvalue weighted by Gasteiger charge is 2.13. The highest BCUT2D eigenvalue weighted by Crippen LogP contribution is 2.16. The number of nitrogens with one attached hydrogen (secondary N) is 2. The number of para-hydroxylation sites is 2. The maximum atomic E-state index is 11.5. The number of amides is 1. The van der Waals surface area contributed by atoms with E-state index in [9.17, 15) is 4.79 Å². The second kappa shape index (κ2) is 6.52. The Morgan fingerprint density at radius 1 is 1.40 bits per heavy atom. The van der Waals surface area contributed by atoms with Gasteiger partial charge in [-0.15, -0.1) is 0 Å². The van der Waals surface area contributed by atoms with Crippen molar-refractivity contribution in [3.8, 4) is 0 Å². The highest BCUT2D eigenvalue weighted by atomic mass is 16.2. The topological polar surface area (TPSA) is 59.0 Å².